The summed E-state index contributed by atoms with van der Waals surface area (Å²) in [5.74, 6) is -0.157. The molecule has 1 amide bonds. The predicted octanol–water partition coefficient (Wildman–Crippen LogP) is 2.87. The molecule has 0 heterocycles. The number of carbonyl (C=O) groups excluding carboxylic acids is 1. The van der Waals surface area contributed by atoms with Crippen LogP contribution in [0.1, 0.15) is 12.8 Å². The van der Waals surface area contributed by atoms with Crippen LogP contribution in [0.25, 0.3) is 0 Å². The molecule has 17 heavy (non-hydrogen) atoms. The second kappa shape index (κ2) is 6.59. The van der Waals surface area contributed by atoms with Crippen LogP contribution in [0.2, 0.25) is 0 Å². The molecule has 3 nitrogen and oxygen atoms in total. The van der Waals surface area contributed by atoms with Crippen molar-refractivity contribution in [1.82, 2.24) is 4.90 Å². The third kappa shape index (κ3) is 4.73. The standard InChI is InChI=1S/C12H16BrFN2O/c1-16(2)12(17)4-3-7-15-11-6-5-9(14)8-10(11)13/h5-6,8,15H,3-4,7H2,1-2H3. The number of halogens is 2. The minimum absolute atomic E-state index is 0.116. The Labute approximate surface area is 109 Å². The Kier molecular flexibility index (Phi) is 5.41. The van der Waals surface area contributed by atoms with Gasteiger partial charge < -0.3 is 10.2 Å². The number of carbonyl (C=O) groups is 1. The lowest BCUT2D eigenvalue weighted by Crippen LogP contribution is -2.22. The van der Waals surface area contributed by atoms with Gasteiger partial charge in [0.05, 0.1) is 0 Å². The van der Waals surface area contributed by atoms with Gasteiger partial charge in [-0.2, -0.15) is 0 Å². The molecule has 0 aliphatic rings. The summed E-state index contributed by atoms with van der Waals surface area (Å²) < 4.78 is 13.5. The van der Waals surface area contributed by atoms with Gasteiger partial charge in [0.2, 0.25) is 5.91 Å². The fraction of sp³-hybridized carbons (Fsp3) is 0.417. The van der Waals surface area contributed by atoms with Crippen molar-refractivity contribution >= 4 is 27.5 Å². The molecule has 0 radical (unpaired) electrons. The van der Waals surface area contributed by atoms with Crippen LogP contribution >= 0.6 is 15.9 Å². The van der Waals surface area contributed by atoms with Crippen molar-refractivity contribution in [3.05, 3.63) is 28.5 Å². The summed E-state index contributed by atoms with van der Waals surface area (Å²) in [7, 11) is 3.48. The van der Waals surface area contributed by atoms with Crippen molar-refractivity contribution in [2.75, 3.05) is 26.0 Å². The number of nitrogens with one attached hydrogen (secondary N) is 1. The number of benzene rings is 1. The number of hydrogen-bond donors (Lipinski definition) is 1. The Hall–Kier alpha value is -1.10. The lowest BCUT2D eigenvalue weighted by atomic mass is 10.2. The molecule has 0 aliphatic carbocycles. The molecule has 0 atom stereocenters. The number of rotatable bonds is 5. The highest BCUT2D eigenvalue weighted by atomic mass is 79.9. The van der Waals surface area contributed by atoms with Gasteiger partial charge in [0.15, 0.2) is 0 Å². The Morgan fingerprint density at radius 1 is 1.47 bits per heavy atom. The quantitative estimate of drug-likeness (QED) is 0.848. The molecule has 0 unspecified atom stereocenters. The summed E-state index contributed by atoms with van der Waals surface area (Å²) in [4.78, 5) is 12.9. The fourth-order valence-electron chi connectivity index (χ4n) is 1.32. The molecule has 0 bridgehead atoms. The van der Waals surface area contributed by atoms with E-state index >= 15 is 0 Å². The van der Waals surface area contributed by atoms with Gasteiger partial charge in [0, 0.05) is 37.2 Å². The van der Waals surface area contributed by atoms with E-state index in [0.717, 1.165) is 12.1 Å². The zero-order chi connectivity index (χ0) is 12.8. The van der Waals surface area contributed by atoms with Crippen molar-refractivity contribution in [2.24, 2.45) is 0 Å². The molecule has 1 aromatic rings. The van der Waals surface area contributed by atoms with Crippen LogP contribution in [0.3, 0.4) is 0 Å². The normalized spacial score (nSPS) is 10.1. The first kappa shape index (κ1) is 14.0. The summed E-state index contributed by atoms with van der Waals surface area (Å²) in [6.45, 7) is 0.684. The zero-order valence-electron chi connectivity index (χ0n) is 9.96. The number of amides is 1. The smallest absolute Gasteiger partial charge is 0.222 e. The summed E-state index contributed by atoms with van der Waals surface area (Å²) >= 11 is 3.27. The minimum Gasteiger partial charge on any atom is -0.384 e. The summed E-state index contributed by atoms with van der Waals surface area (Å²) in [5.41, 5.74) is 0.837. The fourth-order valence-corrected chi connectivity index (χ4v) is 1.81. The largest absolute Gasteiger partial charge is 0.384 e. The second-order valence-electron chi connectivity index (χ2n) is 3.94. The molecule has 1 N–H and O–H groups in total. The van der Waals surface area contributed by atoms with Crippen LogP contribution < -0.4 is 5.32 Å². The average Bonchev–Trinajstić information content (AvgIpc) is 2.26. The van der Waals surface area contributed by atoms with Crippen LogP contribution in [0, 0.1) is 5.82 Å². The Bertz CT molecular complexity index is 396. The molecule has 0 saturated carbocycles. The summed E-state index contributed by atoms with van der Waals surface area (Å²) in [5, 5.41) is 3.15. The van der Waals surface area contributed by atoms with Crippen molar-refractivity contribution in [3.8, 4) is 0 Å². The molecule has 5 heteroatoms. The van der Waals surface area contributed by atoms with E-state index in [1.165, 1.54) is 12.1 Å². The lowest BCUT2D eigenvalue weighted by molar-refractivity contribution is -0.128. The zero-order valence-corrected chi connectivity index (χ0v) is 11.6. The molecule has 1 rings (SSSR count). The molecular weight excluding hydrogens is 287 g/mol. The highest BCUT2D eigenvalue weighted by Gasteiger charge is 2.04. The van der Waals surface area contributed by atoms with E-state index < -0.39 is 0 Å². The molecule has 0 spiro atoms. The Balaban J connectivity index is 2.34. The van der Waals surface area contributed by atoms with Gasteiger partial charge in [0.25, 0.3) is 0 Å². The molecule has 94 valence electrons. The van der Waals surface area contributed by atoms with Gasteiger partial charge >= 0.3 is 0 Å². The molecule has 0 aliphatic heterocycles. The van der Waals surface area contributed by atoms with Crippen LogP contribution in [0.4, 0.5) is 10.1 Å². The van der Waals surface area contributed by atoms with E-state index in [2.05, 4.69) is 21.2 Å². The van der Waals surface area contributed by atoms with Crippen LogP contribution in [-0.2, 0) is 4.79 Å². The van der Waals surface area contributed by atoms with Gasteiger partial charge in [-0.15, -0.1) is 0 Å². The first-order valence-corrected chi connectivity index (χ1v) is 6.19. The maximum atomic E-state index is 12.8. The van der Waals surface area contributed by atoms with E-state index in [4.69, 9.17) is 0 Å². The van der Waals surface area contributed by atoms with E-state index in [1.807, 2.05) is 0 Å². The highest BCUT2D eigenvalue weighted by Crippen LogP contribution is 2.22. The molecule has 0 fully saturated rings. The van der Waals surface area contributed by atoms with Gasteiger partial charge in [0.1, 0.15) is 5.82 Å². The van der Waals surface area contributed by atoms with Crippen molar-refractivity contribution in [3.63, 3.8) is 0 Å². The molecule has 1 aromatic carbocycles. The van der Waals surface area contributed by atoms with Crippen molar-refractivity contribution in [1.29, 1.82) is 0 Å². The maximum Gasteiger partial charge on any atom is 0.222 e. The van der Waals surface area contributed by atoms with E-state index in [1.54, 1.807) is 25.1 Å². The minimum atomic E-state index is -0.273. The maximum absolute atomic E-state index is 12.8. The monoisotopic (exact) mass is 302 g/mol. The first-order valence-electron chi connectivity index (χ1n) is 5.40. The number of nitrogens with zero attached hydrogens (tertiary/aromatic N) is 1. The van der Waals surface area contributed by atoms with E-state index in [-0.39, 0.29) is 11.7 Å². The van der Waals surface area contributed by atoms with Crippen LogP contribution in [0.5, 0.6) is 0 Å². The molecule has 0 saturated heterocycles. The molecular formula is C12H16BrFN2O. The average molecular weight is 303 g/mol. The van der Waals surface area contributed by atoms with Crippen molar-refractivity contribution < 1.29 is 9.18 Å². The Morgan fingerprint density at radius 3 is 2.76 bits per heavy atom. The third-order valence-electron chi connectivity index (χ3n) is 2.31. The van der Waals surface area contributed by atoms with Gasteiger partial charge in [-0.25, -0.2) is 4.39 Å². The topological polar surface area (TPSA) is 32.3 Å². The SMILES string of the molecule is CN(C)C(=O)CCCNc1ccc(F)cc1Br. The lowest BCUT2D eigenvalue weighted by Gasteiger charge is -2.11. The summed E-state index contributed by atoms with van der Waals surface area (Å²) in [6.07, 6.45) is 1.26. The third-order valence-corrected chi connectivity index (χ3v) is 2.97. The van der Waals surface area contributed by atoms with Gasteiger partial charge in [-0.1, -0.05) is 0 Å². The van der Waals surface area contributed by atoms with E-state index in [0.29, 0.717) is 17.4 Å². The number of hydrogen-bond acceptors (Lipinski definition) is 2. The first-order chi connectivity index (χ1) is 8.00. The second-order valence-corrected chi connectivity index (χ2v) is 4.80. The Morgan fingerprint density at radius 2 is 2.18 bits per heavy atom. The number of anilines is 1. The van der Waals surface area contributed by atoms with Gasteiger partial charge in [-0.05, 0) is 40.5 Å². The predicted molar refractivity (Wildman–Crippen MR) is 70.5 cm³/mol. The molecule has 0 aromatic heterocycles. The summed E-state index contributed by atoms with van der Waals surface area (Å²) in [6, 6.07) is 4.48. The van der Waals surface area contributed by atoms with Crippen molar-refractivity contribution in [2.45, 2.75) is 12.8 Å². The highest BCUT2D eigenvalue weighted by molar-refractivity contribution is 9.10. The van der Waals surface area contributed by atoms with Gasteiger partial charge in [-0.3, -0.25) is 4.79 Å². The van der Waals surface area contributed by atoms with E-state index in [9.17, 15) is 9.18 Å². The van der Waals surface area contributed by atoms with Crippen LogP contribution in [0.15, 0.2) is 22.7 Å². The van der Waals surface area contributed by atoms with Crippen LogP contribution in [-0.4, -0.2) is 31.4 Å².